The van der Waals surface area contributed by atoms with Crippen molar-refractivity contribution in [1.29, 1.82) is 0 Å². The molecule has 1 saturated heterocycles. The zero-order valence-corrected chi connectivity index (χ0v) is 27.6. The summed E-state index contributed by atoms with van der Waals surface area (Å²) >= 11 is 0. The zero-order valence-electron chi connectivity index (χ0n) is 27.6. The second-order valence-electron chi connectivity index (χ2n) is 12.3. The van der Waals surface area contributed by atoms with Gasteiger partial charge in [0.05, 0.1) is 30.9 Å². The van der Waals surface area contributed by atoms with Crippen molar-refractivity contribution in [1.82, 2.24) is 0 Å². The maximum absolute atomic E-state index is 12.9. The lowest BCUT2D eigenvalue weighted by atomic mass is 9.99. The summed E-state index contributed by atoms with van der Waals surface area (Å²) in [5.74, 6) is 1.41. The van der Waals surface area contributed by atoms with Crippen molar-refractivity contribution in [3.8, 4) is 34.1 Å². The number of hydrogen-bond donors (Lipinski definition) is 0. The first-order chi connectivity index (χ1) is 23.5. The number of benzene rings is 4. The highest BCUT2D eigenvalue weighted by molar-refractivity contribution is 5.92. The number of fused-ring (bicyclic) bond motifs is 3. The molecule has 0 saturated carbocycles. The number of ether oxygens (including phenoxy) is 6. The smallest absolute Gasteiger partial charge is 0.343 e. The lowest BCUT2D eigenvalue weighted by Gasteiger charge is -2.11. The van der Waals surface area contributed by atoms with Gasteiger partial charge in [0.1, 0.15) is 29.1 Å². The van der Waals surface area contributed by atoms with E-state index in [0.29, 0.717) is 41.6 Å². The normalized spacial score (nSPS) is 15.7. The fourth-order valence-electron chi connectivity index (χ4n) is 5.82. The largest absolute Gasteiger partial charge is 0.494 e. The van der Waals surface area contributed by atoms with Gasteiger partial charge in [-0.2, -0.15) is 0 Å². The quantitative estimate of drug-likeness (QED) is 0.0368. The average Bonchev–Trinajstić information content (AvgIpc) is 3.90. The van der Waals surface area contributed by atoms with Crippen LogP contribution in [0, 0.1) is 0 Å². The molecule has 0 N–H and O–H groups in total. The summed E-state index contributed by atoms with van der Waals surface area (Å²) in [5.41, 5.74) is 5.07. The van der Waals surface area contributed by atoms with Gasteiger partial charge in [0.2, 0.25) is 0 Å². The third-order valence-corrected chi connectivity index (χ3v) is 8.65. The average molecular weight is 651 g/mol. The minimum atomic E-state index is -0.460. The van der Waals surface area contributed by atoms with Crippen LogP contribution in [-0.2, 0) is 9.47 Å². The molecule has 1 fully saturated rings. The topological polar surface area (TPSA) is 92.8 Å². The van der Waals surface area contributed by atoms with Crippen molar-refractivity contribution in [3.63, 3.8) is 0 Å². The molecule has 250 valence electrons. The molecular weight excluding hydrogens is 608 g/mol. The van der Waals surface area contributed by atoms with E-state index >= 15 is 0 Å². The molecule has 0 amide bonds. The fraction of sp³-hybridized carbons (Fsp3) is 0.350. The van der Waals surface area contributed by atoms with Crippen LogP contribution in [0.25, 0.3) is 11.1 Å². The Hall–Kier alpha value is -4.66. The van der Waals surface area contributed by atoms with E-state index in [1.807, 2.05) is 42.5 Å². The molecule has 0 aromatic heterocycles. The Morgan fingerprint density at radius 3 is 1.71 bits per heavy atom. The third-order valence-electron chi connectivity index (χ3n) is 8.65. The molecule has 8 heteroatoms. The van der Waals surface area contributed by atoms with Gasteiger partial charge in [0.15, 0.2) is 6.79 Å². The van der Waals surface area contributed by atoms with E-state index in [4.69, 9.17) is 28.4 Å². The fourth-order valence-corrected chi connectivity index (χ4v) is 5.82. The molecule has 1 aliphatic carbocycles. The van der Waals surface area contributed by atoms with Gasteiger partial charge in [-0.25, -0.2) is 9.59 Å². The zero-order chi connectivity index (χ0) is 33.3. The van der Waals surface area contributed by atoms with E-state index in [1.54, 1.807) is 42.5 Å². The molecule has 2 aliphatic rings. The van der Waals surface area contributed by atoms with Crippen LogP contribution >= 0.6 is 0 Å². The van der Waals surface area contributed by atoms with Crippen molar-refractivity contribution in [3.05, 3.63) is 107 Å². The van der Waals surface area contributed by atoms with E-state index in [1.165, 1.54) is 32.1 Å². The number of hydrogen-bond acceptors (Lipinski definition) is 8. The van der Waals surface area contributed by atoms with Crippen LogP contribution < -0.4 is 18.9 Å². The van der Waals surface area contributed by atoms with E-state index in [2.05, 4.69) is 13.8 Å². The number of carbonyl (C=O) groups excluding carboxylic acids is 2. The van der Waals surface area contributed by atoms with Crippen molar-refractivity contribution >= 4 is 11.9 Å². The first kappa shape index (κ1) is 33.2. The number of esters is 2. The van der Waals surface area contributed by atoms with Crippen LogP contribution in [0.15, 0.2) is 84.9 Å². The molecule has 4 aromatic carbocycles. The Kier molecular flexibility index (Phi) is 11.1. The first-order valence-corrected chi connectivity index (χ1v) is 16.9. The molecule has 8 nitrogen and oxygen atoms in total. The van der Waals surface area contributed by atoms with Gasteiger partial charge in [-0.05, 0) is 101 Å². The van der Waals surface area contributed by atoms with Gasteiger partial charge in [0.25, 0.3) is 0 Å². The minimum Gasteiger partial charge on any atom is -0.494 e. The predicted molar refractivity (Wildman–Crippen MR) is 182 cm³/mol. The summed E-state index contributed by atoms with van der Waals surface area (Å²) in [6, 6.07) is 25.2. The standard InChI is InChI=1S/C40H42O8/c1-3-4-5-6-7-8-21-44-30-13-9-28(10-14-30)39(41)47-32-17-19-35-36-20-18-33(23-38(36)27(2)37(35)22-32)48-40(42)29-11-15-31(16-12-29)46-26-43-24-34-25-45-34/h9-20,22-23,27,34H,3-8,21,24-26H2,1-2H3. The molecule has 0 spiro atoms. The van der Waals surface area contributed by atoms with E-state index in [9.17, 15) is 9.59 Å². The van der Waals surface area contributed by atoms with Crippen LogP contribution in [0.2, 0.25) is 0 Å². The van der Waals surface area contributed by atoms with Gasteiger partial charge in [-0.3, -0.25) is 0 Å². The Bertz CT molecular complexity index is 1690. The lowest BCUT2D eigenvalue weighted by Crippen LogP contribution is -2.10. The lowest BCUT2D eigenvalue weighted by molar-refractivity contribution is 0.00821. The monoisotopic (exact) mass is 650 g/mol. The Morgan fingerprint density at radius 2 is 1.17 bits per heavy atom. The van der Waals surface area contributed by atoms with E-state index in [-0.39, 0.29) is 18.8 Å². The summed E-state index contributed by atoms with van der Waals surface area (Å²) in [7, 11) is 0. The van der Waals surface area contributed by atoms with Gasteiger partial charge in [-0.1, -0.05) is 58.1 Å². The van der Waals surface area contributed by atoms with Gasteiger partial charge < -0.3 is 28.4 Å². The molecule has 0 bridgehead atoms. The Labute approximate surface area is 281 Å². The minimum absolute atomic E-state index is 0.0144. The van der Waals surface area contributed by atoms with E-state index < -0.39 is 11.9 Å². The highest BCUT2D eigenvalue weighted by Crippen LogP contribution is 2.47. The van der Waals surface area contributed by atoms with Crippen molar-refractivity contribution < 1.29 is 38.0 Å². The van der Waals surface area contributed by atoms with Crippen LogP contribution in [0.1, 0.15) is 90.1 Å². The third kappa shape index (κ3) is 8.62. The summed E-state index contributed by atoms with van der Waals surface area (Å²) in [4.78, 5) is 25.8. The SMILES string of the molecule is CCCCCCCCOc1ccc(C(=O)Oc2ccc3c(c2)C(C)c2cc(OC(=O)c4ccc(OCOCC5CO5)cc4)ccc2-3)cc1. The second kappa shape index (κ2) is 16.0. The Balaban J connectivity index is 1.01. The maximum atomic E-state index is 12.9. The van der Waals surface area contributed by atoms with Crippen LogP contribution in [0.3, 0.4) is 0 Å². The van der Waals surface area contributed by atoms with Crippen LogP contribution in [0.5, 0.6) is 23.0 Å². The summed E-state index contributed by atoms with van der Waals surface area (Å²) in [6.07, 6.45) is 7.44. The molecule has 48 heavy (non-hydrogen) atoms. The molecular formula is C40H42O8. The molecule has 6 rings (SSSR count). The number of carbonyl (C=O) groups is 2. The van der Waals surface area contributed by atoms with E-state index in [0.717, 1.165) is 41.0 Å². The number of unbranched alkanes of at least 4 members (excludes halogenated alkanes) is 5. The Morgan fingerprint density at radius 1 is 0.667 bits per heavy atom. The molecule has 4 aromatic rings. The molecule has 0 radical (unpaired) electrons. The van der Waals surface area contributed by atoms with Crippen molar-refractivity contribution in [2.24, 2.45) is 0 Å². The first-order valence-electron chi connectivity index (χ1n) is 16.9. The molecule has 2 unspecified atom stereocenters. The second-order valence-corrected chi connectivity index (χ2v) is 12.3. The number of rotatable bonds is 17. The molecule has 1 aliphatic heterocycles. The van der Waals surface area contributed by atoms with Gasteiger partial charge in [-0.15, -0.1) is 0 Å². The molecule has 1 heterocycles. The summed E-state index contributed by atoms with van der Waals surface area (Å²) in [5, 5.41) is 0. The van der Waals surface area contributed by atoms with Gasteiger partial charge >= 0.3 is 11.9 Å². The van der Waals surface area contributed by atoms with Crippen LogP contribution in [0.4, 0.5) is 0 Å². The summed E-state index contributed by atoms with van der Waals surface area (Å²) < 4.78 is 33.4. The highest BCUT2D eigenvalue weighted by atomic mass is 16.7. The number of epoxide rings is 1. The van der Waals surface area contributed by atoms with Crippen molar-refractivity contribution in [2.75, 3.05) is 26.6 Å². The summed E-state index contributed by atoms with van der Waals surface area (Å²) in [6.45, 7) is 6.34. The molecule has 2 atom stereocenters. The van der Waals surface area contributed by atoms with Crippen LogP contribution in [-0.4, -0.2) is 44.7 Å². The maximum Gasteiger partial charge on any atom is 0.343 e. The highest BCUT2D eigenvalue weighted by Gasteiger charge is 2.27. The van der Waals surface area contributed by atoms with Gasteiger partial charge in [0, 0.05) is 5.92 Å². The predicted octanol–water partition coefficient (Wildman–Crippen LogP) is 8.75. The van der Waals surface area contributed by atoms with Crippen molar-refractivity contribution in [2.45, 2.75) is 64.4 Å².